The van der Waals surface area contributed by atoms with E-state index >= 15 is 0 Å². The second-order valence-corrected chi connectivity index (χ2v) is 13.5. The average Bonchev–Trinajstić information content (AvgIpc) is 2.72. The Morgan fingerprint density at radius 2 is 1.63 bits per heavy atom. The van der Waals surface area contributed by atoms with E-state index < -0.39 is 30.1 Å². The number of rotatable bonds is 9. The number of aryl methyl sites for hydroxylation is 1. The van der Waals surface area contributed by atoms with E-state index in [1.54, 1.807) is 19.1 Å². The zero-order valence-electron chi connectivity index (χ0n) is 17.6. The van der Waals surface area contributed by atoms with Crippen molar-refractivity contribution in [2.24, 2.45) is 0 Å². The molecule has 0 heterocycles. The Bertz CT molecular complexity index is 1030. The first-order chi connectivity index (χ1) is 14.0. The van der Waals surface area contributed by atoms with Crippen molar-refractivity contribution in [2.45, 2.75) is 37.9 Å². The first-order valence-electron chi connectivity index (χ1n) is 9.55. The smallest absolute Gasteiger partial charge is 0.328 e. The molecule has 0 fully saturated rings. The van der Waals surface area contributed by atoms with Gasteiger partial charge in [-0.15, -0.1) is 0 Å². The number of ether oxygens (including phenoxy) is 1. The van der Waals surface area contributed by atoms with Crippen molar-refractivity contribution in [2.75, 3.05) is 6.61 Å². The van der Waals surface area contributed by atoms with Crippen LogP contribution in [-0.4, -0.2) is 40.5 Å². The van der Waals surface area contributed by atoms with Crippen LogP contribution in [0.15, 0.2) is 71.6 Å². The molecule has 2 aromatic carbocycles. The fourth-order valence-electron chi connectivity index (χ4n) is 2.95. The summed E-state index contributed by atoms with van der Waals surface area (Å²) in [5.41, 5.74) is 0.774. The summed E-state index contributed by atoms with van der Waals surface area (Å²) in [6, 6.07) is 13.9. The summed E-state index contributed by atoms with van der Waals surface area (Å²) in [5.74, 6) is -0.857. The molecule has 0 saturated carbocycles. The van der Waals surface area contributed by atoms with E-state index in [0.29, 0.717) is 0 Å². The SMILES string of the molecule is C=C(C(=O)[Si](C)(C)c1ccccc1)[C@H](NS(=O)(=O)c1ccc(C)cc1)C(=O)OCC. The van der Waals surface area contributed by atoms with Gasteiger partial charge in [0.2, 0.25) is 10.0 Å². The van der Waals surface area contributed by atoms with Gasteiger partial charge in [0, 0.05) is 5.57 Å². The molecule has 0 saturated heterocycles. The summed E-state index contributed by atoms with van der Waals surface area (Å²) in [4.78, 5) is 25.9. The Morgan fingerprint density at radius 1 is 1.07 bits per heavy atom. The minimum Gasteiger partial charge on any atom is -0.465 e. The second-order valence-electron chi connectivity index (χ2n) is 7.46. The van der Waals surface area contributed by atoms with E-state index in [1.165, 1.54) is 12.1 Å². The van der Waals surface area contributed by atoms with Crippen LogP contribution in [0.4, 0.5) is 0 Å². The lowest BCUT2D eigenvalue weighted by Gasteiger charge is -2.26. The van der Waals surface area contributed by atoms with Crippen molar-refractivity contribution >= 4 is 34.7 Å². The van der Waals surface area contributed by atoms with Gasteiger partial charge in [0.15, 0.2) is 8.07 Å². The number of hydrogen-bond acceptors (Lipinski definition) is 5. The van der Waals surface area contributed by atoms with E-state index in [2.05, 4.69) is 11.3 Å². The summed E-state index contributed by atoms with van der Waals surface area (Å²) in [5, 5.41) is 0.540. The van der Waals surface area contributed by atoms with Crippen molar-refractivity contribution < 1.29 is 22.7 Å². The monoisotopic (exact) mass is 445 g/mol. The topological polar surface area (TPSA) is 89.5 Å². The molecule has 1 atom stereocenters. The highest BCUT2D eigenvalue weighted by molar-refractivity contribution is 7.89. The number of esters is 1. The number of nitrogens with one attached hydrogen (secondary N) is 1. The molecule has 1 N–H and O–H groups in total. The largest absolute Gasteiger partial charge is 0.465 e. The van der Waals surface area contributed by atoms with Gasteiger partial charge in [0.05, 0.1) is 11.5 Å². The molecule has 6 nitrogen and oxygen atoms in total. The number of benzene rings is 2. The Morgan fingerprint density at radius 3 is 2.17 bits per heavy atom. The molecular formula is C22H27NO5SSi. The van der Waals surface area contributed by atoms with Crippen LogP contribution in [0.3, 0.4) is 0 Å². The van der Waals surface area contributed by atoms with Crippen molar-refractivity contribution in [3.8, 4) is 0 Å². The molecule has 0 aliphatic carbocycles. The molecule has 30 heavy (non-hydrogen) atoms. The van der Waals surface area contributed by atoms with Gasteiger partial charge >= 0.3 is 5.97 Å². The lowest BCUT2D eigenvalue weighted by Crippen LogP contribution is -2.54. The number of hydrogen-bond donors (Lipinski definition) is 1. The Kier molecular flexibility index (Phi) is 7.52. The maximum atomic E-state index is 13.3. The third-order valence-corrected chi connectivity index (χ3v) is 9.50. The zero-order valence-corrected chi connectivity index (χ0v) is 19.5. The highest BCUT2D eigenvalue weighted by Gasteiger charge is 2.40. The number of sulfonamides is 1. The average molecular weight is 446 g/mol. The molecule has 0 spiro atoms. The predicted octanol–water partition coefficient (Wildman–Crippen LogP) is 2.49. The van der Waals surface area contributed by atoms with Crippen LogP contribution in [0.25, 0.3) is 0 Å². The van der Waals surface area contributed by atoms with Gasteiger partial charge in [-0.1, -0.05) is 72.9 Å². The summed E-state index contributed by atoms with van der Waals surface area (Å²) >= 11 is 0. The molecule has 2 aromatic rings. The van der Waals surface area contributed by atoms with Crippen LogP contribution >= 0.6 is 0 Å². The van der Waals surface area contributed by atoms with Gasteiger partial charge in [0.25, 0.3) is 0 Å². The highest BCUT2D eigenvalue weighted by Crippen LogP contribution is 2.18. The van der Waals surface area contributed by atoms with Gasteiger partial charge < -0.3 is 4.74 Å². The molecule has 0 radical (unpaired) electrons. The first-order valence-corrected chi connectivity index (χ1v) is 14.0. The fourth-order valence-corrected chi connectivity index (χ4v) is 6.36. The lowest BCUT2D eigenvalue weighted by molar-refractivity contribution is -0.144. The van der Waals surface area contributed by atoms with E-state index in [-0.39, 0.29) is 22.5 Å². The van der Waals surface area contributed by atoms with E-state index in [0.717, 1.165) is 10.8 Å². The van der Waals surface area contributed by atoms with E-state index in [1.807, 2.05) is 50.3 Å². The lowest BCUT2D eigenvalue weighted by atomic mass is 10.1. The van der Waals surface area contributed by atoms with Crippen LogP contribution in [0.1, 0.15) is 12.5 Å². The summed E-state index contributed by atoms with van der Waals surface area (Å²) in [7, 11) is -6.80. The normalized spacial score (nSPS) is 12.8. The predicted molar refractivity (Wildman–Crippen MR) is 120 cm³/mol. The number of carbonyl (C=O) groups excluding carboxylic acids is 2. The van der Waals surface area contributed by atoms with Crippen LogP contribution in [0.5, 0.6) is 0 Å². The van der Waals surface area contributed by atoms with Gasteiger partial charge in [0.1, 0.15) is 11.4 Å². The van der Waals surface area contributed by atoms with Gasteiger partial charge in [-0.3, -0.25) is 4.79 Å². The minimum absolute atomic E-state index is 0.0118. The Hall–Kier alpha value is -2.55. The molecule has 160 valence electrons. The van der Waals surface area contributed by atoms with E-state index in [4.69, 9.17) is 4.74 Å². The van der Waals surface area contributed by atoms with Gasteiger partial charge in [-0.05, 0) is 26.0 Å². The molecule has 0 aromatic heterocycles. The summed E-state index contributed by atoms with van der Waals surface area (Å²) < 4.78 is 33.0. The maximum absolute atomic E-state index is 13.3. The molecule has 8 heteroatoms. The zero-order chi connectivity index (χ0) is 22.5. The third-order valence-electron chi connectivity index (χ3n) is 4.83. The van der Waals surface area contributed by atoms with Crippen molar-refractivity contribution in [1.29, 1.82) is 0 Å². The fraction of sp³-hybridized carbons (Fsp3) is 0.273. The molecule has 0 aliphatic rings. The first kappa shape index (κ1) is 23.7. The van der Waals surface area contributed by atoms with Crippen LogP contribution in [0, 0.1) is 6.92 Å². The summed E-state index contributed by atoms with van der Waals surface area (Å²) in [6.45, 7) is 11.0. The van der Waals surface area contributed by atoms with Crippen LogP contribution in [-0.2, 0) is 24.3 Å². The van der Waals surface area contributed by atoms with Gasteiger partial charge in [-0.25, -0.2) is 13.2 Å². The second kappa shape index (κ2) is 9.50. The standard InChI is InChI=1S/C22H27NO5SSi/c1-6-28-21(24)20(23-29(26,27)18-14-12-16(2)13-15-18)17(3)22(25)30(4,5)19-10-8-7-9-11-19/h7-15,20,23H,3,6H2,1-2,4-5H3/t20-/m0/s1. The highest BCUT2D eigenvalue weighted by atomic mass is 32.2. The Balaban J connectivity index is 2.38. The molecule has 0 unspecified atom stereocenters. The van der Waals surface area contributed by atoms with E-state index in [9.17, 15) is 18.0 Å². The van der Waals surface area contributed by atoms with Gasteiger partial charge in [-0.2, -0.15) is 4.72 Å². The molecule has 2 rings (SSSR count). The quantitative estimate of drug-likeness (QED) is 0.364. The van der Waals surface area contributed by atoms with Crippen molar-refractivity contribution in [3.05, 3.63) is 72.3 Å². The molecule has 0 aliphatic heterocycles. The van der Waals surface area contributed by atoms with Crippen LogP contribution in [0.2, 0.25) is 13.1 Å². The maximum Gasteiger partial charge on any atom is 0.328 e. The van der Waals surface area contributed by atoms with Crippen molar-refractivity contribution in [3.63, 3.8) is 0 Å². The minimum atomic E-state index is -4.08. The summed E-state index contributed by atoms with van der Waals surface area (Å²) in [6.07, 6.45) is 0. The van der Waals surface area contributed by atoms with Crippen LogP contribution < -0.4 is 9.91 Å². The molecule has 0 amide bonds. The number of carbonyl (C=O) groups is 2. The molecular weight excluding hydrogens is 418 g/mol. The molecule has 0 bridgehead atoms. The van der Waals surface area contributed by atoms with Crippen molar-refractivity contribution in [1.82, 2.24) is 4.72 Å². The third kappa shape index (κ3) is 5.32. The Labute approximate surface area is 179 Å².